The van der Waals surface area contributed by atoms with Gasteiger partial charge >= 0.3 is 0 Å². The third kappa shape index (κ3) is 3.08. The first-order chi connectivity index (χ1) is 12.2. The van der Waals surface area contributed by atoms with Crippen LogP contribution in [0.5, 0.6) is 11.5 Å². The molecule has 2 atom stereocenters. The van der Waals surface area contributed by atoms with E-state index in [0.717, 1.165) is 25.3 Å². The molecule has 0 spiro atoms. The zero-order valence-corrected chi connectivity index (χ0v) is 17.4. The monoisotopic (exact) mass is 435 g/mol. The summed E-state index contributed by atoms with van der Waals surface area (Å²) < 4.78 is 0. The van der Waals surface area contributed by atoms with Crippen LogP contribution in [0.4, 0.5) is 0 Å². The van der Waals surface area contributed by atoms with Gasteiger partial charge in [0.05, 0.1) is 0 Å². The van der Waals surface area contributed by atoms with E-state index in [1.54, 1.807) is 12.1 Å². The van der Waals surface area contributed by atoms with Gasteiger partial charge in [-0.05, 0) is 60.1 Å². The summed E-state index contributed by atoms with van der Waals surface area (Å²) in [6.07, 6.45) is 8.88. The van der Waals surface area contributed by atoms with Crippen molar-refractivity contribution in [3.8, 4) is 11.5 Å². The number of hydrogen-bond donors (Lipinski definition) is 3. The van der Waals surface area contributed by atoms with E-state index in [9.17, 15) is 10.2 Å². The van der Waals surface area contributed by atoms with Crippen LogP contribution in [0.2, 0.25) is 0 Å². The van der Waals surface area contributed by atoms with Crippen molar-refractivity contribution in [1.82, 2.24) is 5.32 Å². The lowest BCUT2D eigenvalue weighted by molar-refractivity contribution is 0.383. The summed E-state index contributed by atoms with van der Waals surface area (Å²) in [6, 6.07) is 6.44. The number of thiophene rings is 1. The standard InChI is InChI=1S/C21H25NO2S.BrH/c23-18-9-13-5-6-17-20(16(13)10-19(18)24)21-14(11-22-17)8-15(25-21)7-12-3-1-2-4-12;/h8-10,12,17,20,22-24H,1-7,11H2;1H. The molecule has 2 aromatic rings. The molecule has 1 aliphatic heterocycles. The highest BCUT2D eigenvalue weighted by molar-refractivity contribution is 8.93. The van der Waals surface area contributed by atoms with Gasteiger partial charge in [0.15, 0.2) is 11.5 Å². The Bertz CT molecular complexity index is 813. The maximum atomic E-state index is 10.0. The molecule has 1 aromatic heterocycles. The van der Waals surface area contributed by atoms with Gasteiger partial charge in [0.1, 0.15) is 0 Å². The van der Waals surface area contributed by atoms with Gasteiger partial charge in [0.25, 0.3) is 0 Å². The molecule has 0 bridgehead atoms. The SMILES string of the molecule is Br.Oc1cc2c(cc1O)C1c3sc(CC4CCCC4)cc3CNC1CC2. The van der Waals surface area contributed by atoms with Crippen LogP contribution in [0.15, 0.2) is 18.2 Å². The minimum atomic E-state index is 0. The quantitative estimate of drug-likeness (QED) is 0.580. The van der Waals surface area contributed by atoms with Crippen LogP contribution in [0.3, 0.4) is 0 Å². The molecule has 140 valence electrons. The number of halogens is 1. The van der Waals surface area contributed by atoms with Crippen LogP contribution in [-0.4, -0.2) is 16.3 Å². The van der Waals surface area contributed by atoms with Gasteiger partial charge < -0.3 is 15.5 Å². The third-order valence-corrected chi connectivity index (χ3v) is 7.68. The molecule has 3 N–H and O–H groups in total. The van der Waals surface area contributed by atoms with Crippen LogP contribution in [0.1, 0.15) is 64.5 Å². The van der Waals surface area contributed by atoms with E-state index < -0.39 is 0 Å². The topological polar surface area (TPSA) is 52.5 Å². The number of rotatable bonds is 2. The Hall–Kier alpha value is -1.04. The largest absolute Gasteiger partial charge is 0.504 e. The van der Waals surface area contributed by atoms with Gasteiger partial charge in [0.2, 0.25) is 0 Å². The summed E-state index contributed by atoms with van der Waals surface area (Å²) in [5, 5.41) is 23.6. The molecule has 0 radical (unpaired) electrons. The van der Waals surface area contributed by atoms with E-state index in [1.807, 2.05) is 11.3 Å². The molecule has 2 heterocycles. The fraction of sp³-hybridized carbons (Fsp3) is 0.524. The van der Waals surface area contributed by atoms with E-state index in [2.05, 4.69) is 11.4 Å². The van der Waals surface area contributed by atoms with Crippen LogP contribution < -0.4 is 5.32 Å². The van der Waals surface area contributed by atoms with Crippen molar-refractivity contribution in [3.05, 3.63) is 44.6 Å². The second kappa shape index (κ2) is 7.17. The average molecular weight is 436 g/mol. The highest BCUT2D eigenvalue weighted by atomic mass is 79.9. The van der Waals surface area contributed by atoms with Crippen molar-refractivity contribution in [1.29, 1.82) is 0 Å². The fourth-order valence-electron chi connectivity index (χ4n) is 5.12. The minimum absolute atomic E-state index is 0. The van der Waals surface area contributed by atoms with Crippen LogP contribution >= 0.6 is 28.3 Å². The number of aromatic hydroxyl groups is 2. The molecule has 1 aromatic carbocycles. The molecule has 2 unspecified atom stereocenters. The molecular weight excluding hydrogens is 410 g/mol. The van der Waals surface area contributed by atoms with Crippen molar-refractivity contribution < 1.29 is 10.2 Å². The summed E-state index contributed by atoms with van der Waals surface area (Å²) in [5.74, 6) is 1.22. The minimum Gasteiger partial charge on any atom is -0.504 e. The Kier molecular flexibility index (Phi) is 5.06. The first-order valence-corrected chi connectivity index (χ1v) is 10.4. The highest BCUT2D eigenvalue weighted by Gasteiger charge is 2.37. The molecule has 26 heavy (non-hydrogen) atoms. The van der Waals surface area contributed by atoms with E-state index in [-0.39, 0.29) is 28.5 Å². The Morgan fingerprint density at radius 1 is 1.00 bits per heavy atom. The van der Waals surface area contributed by atoms with Crippen molar-refractivity contribution >= 4 is 28.3 Å². The Balaban J connectivity index is 0.00000168. The van der Waals surface area contributed by atoms with Crippen LogP contribution in [0.25, 0.3) is 0 Å². The summed E-state index contributed by atoms with van der Waals surface area (Å²) in [7, 11) is 0. The van der Waals surface area contributed by atoms with Gasteiger partial charge in [-0.25, -0.2) is 0 Å². The molecule has 0 amide bonds. The van der Waals surface area contributed by atoms with Crippen molar-refractivity contribution in [2.45, 2.75) is 63.5 Å². The highest BCUT2D eigenvalue weighted by Crippen LogP contribution is 2.47. The van der Waals surface area contributed by atoms with Crippen molar-refractivity contribution in [2.75, 3.05) is 0 Å². The summed E-state index contributed by atoms with van der Waals surface area (Å²) in [5.41, 5.74) is 3.84. The van der Waals surface area contributed by atoms with Crippen molar-refractivity contribution in [2.24, 2.45) is 5.92 Å². The third-order valence-electron chi connectivity index (χ3n) is 6.39. The molecular formula is C21H26BrNO2S. The first kappa shape index (κ1) is 18.3. The molecule has 2 aliphatic carbocycles. The molecule has 3 nitrogen and oxygen atoms in total. The normalized spacial score (nSPS) is 24.5. The number of fused-ring (bicyclic) bond motifs is 5. The number of nitrogens with one attached hydrogen (secondary N) is 1. The second-order valence-electron chi connectivity index (χ2n) is 8.00. The molecule has 1 fully saturated rings. The zero-order valence-electron chi connectivity index (χ0n) is 14.8. The van der Waals surface area contributed by atoms with Gasteiger partial charge in [-0.1, -0.05) is 25.7 Å². The maximum absolute atomic E-state index is 10.0. The number of hydrogen-bond acceptors (Lipinski definition) is 4. The Morgan fingerprint density at radius 2 is 1.77 bits per heavy atom. The molecule has 3 aliphatic rings. The van der Waals surface area contributed by atoms with E-state index in [1.165, 1.54) is 58.5 Å². The number of aryl methyl sites for hydroxylation is 1. The van der Waals surface area contributed by atoms with E-state index >= 15 is 0 Å². The lowest BCUT2D eigenvalue weighted by atomic mass is 9.75. The first-order valence-electron chi connectivity index (χ1n) is 9.58. The van der Waals surface area contributed by atoms with Gasteiger partial charge in [-0.3, -0.25) is 0 Å². The van der Waals surface area contributed by atoms with Gasteiger partial charge in [0, 0.05) is 28.3 Å². The summed E-state index contributed by atoms with van der Waals surface area (Å²) in [6.45, 7) is 0.969. The van der Waals surface area contributed by atoms with E-state index in [0.29, 0.717) is 12.0 Å². The second-order valence-corrected chi connectivity index (χ2v) is 9.17. The maximum Gasteiger partial charge on any atom is 0.157 e. The Morgan fingerprint density at radius 3 is 2.58 bits per heavy atom. The summed E-state index contributed by atoms with van der Waals surface area (Å²) >= 11 is 2.00. The Labute approximate surface area is 169 Å². The van der Waals surface area contributed by atoms with Crippen LogP contribution in [-0.2, 0) is 19.4 Å². The summed E-state index contributed by atoms with van der Waals surface area (Å²) in [4.78, 5) is 3.03. The van der Waals surface area contributed by atoms with E-state index in [4.69, 9.17) is 0 Å². The van der Waals surface area contributed by atoms with Crippen LogP contribution in [0, 0.1) is 5.92 Å². The lowest BCUT2D eigenvalue weighted by Crippen LogP contribution is -2.41. The number of benzene rings is 1. The van der Waals surface area contributed by atoms with Gasteiger partial charge in [-0.15, -0.1) is 28.3 Å². The zero-order chi connectivity index (χ0) is 17.0. The smallest absolute Gasteiger partial charge is 0.157 e. The number of phenolic OH excluding ortho intramolecular Hbond substituents is 2. The van der Waals surface area contributed by atoms with Gasteiger partial charge in [-0.2, -0.15) is 0 Å². The molecule has 0 saturated heterocycles. The predicted octanol–water partition coefficient (Wildman–Crippen LogP) is 5.02. The molecule has 5 heteroatoms. The fourth-order valence-corrected chi connectivity index (χ4v) is 6.61. The predicted molar refractivity (Wildman–Crippen MR) is 111 cm³/mol. The lowest BCUT2D eigenvalue weighted by Gasteiger charge is -2.38. The number of phenols is 2. The average Bonchev–Trinajstić information content (AvgIpc) is 3.25. The molecule has 5 rings (SSSR count). The molecule has 1 saturated carbocycles. The van der Waals surface area contributed by atoms with Crippen molar-refractivity contribution in [3.63, 3.8) is 0 Å².